The molecule has 5 rings (SSSR count). The molecule has 4 aromatic rings. The first-order valence-corrected chi connectivity index (χ1v) is 13.4. The van der Waals surface area contributed by atoms with Crippen LogP contribution in [0.2, 0.25) is 0 Å². The van der Waals surface area contributed by atoms with Crippen molar-refractivity contribution in [2.24, 2.45) is 7.05 Å². The fourth-order valence-electron chi connectivity index (χ4n) is 4.24. The van der Waals surface area contributed by atoms with Crippen LogP contribution in [-0.2, 0) is 7.05 Å². The van der Waals surface area contributed by atoms with E-state index in [4.69, 9.17) is 0 Å². The van der Waals surface area contributed by atoms with E-state index in [0.29, 0.717) is 5.69 Å². The molecule has 0 atom stereocenters. The summed E-state index contributed by atoms with van der Waals surface area (Å²) in [6, 6.07) is 12.9. The van der Waals surface area contributed by atoms with Crippen molar-refractivity contribution >= 4 is 40.0 Å². The Morgan fingerprint density at radius 2 is 1.73 bits per heavy atom. The Hall–Kier alpha value is -3.79. The first-order valence-electron chi connectivity index (χ1n) is 12.1. The van der Waals surface area contributed by atoms with Gasteiger partial charge in [-0.2, -0.15) is 0 Å². The van der Waals surface area contributed by atoms with Crippen molar-refractivity contribution < 1.29 is 4.39 Å². The summed E-state index contributed by atoms with van der Waals surface area (Å²) in [6.45, 7) is 5.77. The van der Waals surface area contributed by atoms with Crippen molar-refractivity contribution in [3.8, 4) is 5.69 Å². The van der Waals surface area contributed by atoms with Gasteiger partial charge in [-0.05, 0) is 55.7 Å². The second-order valence-electron chi connectivity index (χ2n) is 8.64. The highest BCUT2D eigenvalue weighted by Crippen LogP contribution is 2.34. The minimum atomic E-state index is -0.514. The molecule has 0 unspecified atom stereocenters. The van der Waals surface area contributed by atoms with Crippen LogP contribution in [0.15, 0.2) is 62.9 Å². The molecule has 37 heavy (non-hydrogen) atoms. The van der Waals surface area contributed by atoms with E-state index in [-0.39, 0.29) is 28.5 Å². The molecule has 0 amide bonds. The van der Waals surface area contributed by atoms with Crippen LogP contribution in [0.25, 0.3) is 16.7 Å². The van der Waals surface area contributed by atoms with Gasteiger partial charge in [0.25, 0.3) is 11.1 Å². The summed E-state index contributed by atoms with van der Waals surface area (Å²) in [5.41, 5.74) is 0.966. The van der Waals surface area contributed by atoms with Gasteiger partial charge in [-0.3, -0.25) is 18.7 Å². The molecule has 2 aromatic heterocycles. The number of rotatable bonds is 6. The van der Waals surface area contributed by atoms with Gasteiger partial charge in [0.05, 0.1) is 17.1 Å². The van der Waals surface area contributed by atoms with Crippen LogP contribution >= 0.6 is 11.9 Å². The van der Waals surface area contributed by atoms with Crippen LogP contribution in [-0.4, -0.2) is 20.0 Å². The maximum absolute atomic E-state index is 14.7. The first-order chi connectivity index (χ1) is 17.8. The first kappa shape index (κ1) is 26.3. The fraction of sp³-hybridized carbons (Fsp3) is 0.296. The molecule has 8 nitrogen and oxygen atoms in total. The van der Waals surface area contributed by atoms with Gasteiger partial charge in [-0.25, -0.2) is 13.8 Å². The number of aromatic nitrogens is 3. The molecule has 0 radical (unpaired) electrons. The van der Waals surface area contributed by atoms with E-state index >= 15 is 0 Å². The Labute approximate surface area is 217 Å². The highest BCUT2D eigenvalue weighted by atomic mass is 32.2. The van der Waals surface area contributed by atoms with Crippen molar-refractivity contribution in [1.29, 1.82) is 0 Å². The van der Waals surface area contributed by atoms with Crippen LogP contribution in [0.1, 0.15) is 38.3 Å². The zero-order chi connectivity index (χ0) is 26.9. The van der Waals surface area contributed by atoms with E-state index in [1.54, 1.807) is 37.3 Å². The summed E-state index contributed by atoms with van der Waals surface area (Å²) in [5, 5.41) is 3.08. The average Bonchev–Trinajstić information content (AvgIpc) is 3.70. The average molecular weight is 524 g/mol. The van der Waals surface area contributed by atoms with E-state index in [1.165, 1.54) is 44.8 Å². The molecular weight excluding hydrogens is 493 g/mol. The van der Waals surface area contributed by atoms with Gasteiger partial charge in [0, 0.05) is 31.1 Å². The summed E-state index contributed by atoms with van der Waals surface area (Å²) >= 11 is 1.41. The lowest BCUT2D eigenvalue weighted by atomic mass is 10.2. The lowest BCUT2D eigenvalue weighted by molar-refractivity contribution is 0.630. The summed E-state index contributed by atoms with van der Waals surface area (Å²) < 4.78 is 21.7. The second kappa shape index (κ2) is 10.7. The second-order valence-corrected chi connectivity index (χ2v) is 9.26. The van der Waals surface area contributed by atoms with Crippen molar-refractivity contribution in [3.63, 3.8) is 0 Å². The highest BCUT2D eigenvalue weighted by Gasteiger charge is 2.31. The fourth-order valence-corrected chi connectivity index (χ4v) is 4.60. The Kier molecular flexibility index (Phi) is 7.58. The van der Waals surface area contributed by atoms with Crippen molar-refractivity contribution in [1.82, 2.24) is 13.7 Å². The lowest BCUT2D eigenvalue weighted by Gasteiger charge is -2.19. The quantitative estimate of drug-likeness (QED) is 0.342. The number of nitrogens with one attached hydrogen (secondary N) is 2. The van der Waals surface area contributed by atoms with E-state index in [9.17, 15) is 18.8 Å². The van der Waals surface area contributed by atoms with Crippen molar-refractivity contribution in [2.45, 2.75) is 39.7 Å². The molecule has 0 spiro atoms. The van der Waals surface area contributed by atoms with Gasteiger partial charge in [-0.1, -0.05) is 37.9 Å². The molecule has 10 heteroatoms. The van der Waals surface area contributed by atoms with Crippen LogP contribution in [0.4, 0.5) is 21.5 Å². The number of nitrogens with zero attached hydrogens (tertiary/aromatic N) is 3. The van der Waals surface area contributed by atoms with Gasteiger partial charge in [0.15, 0.2) is 0 Å². The summed E-state index contributed by atoms with van der Waals surface area (Å²) in [7, 11) is 1.52. The molecule has 0 aliphatic heterocycles. The topological polar surface area (TPSA) is 90.1 Å². The zero-order valence-electron chi connectivity index (χ0n) is 21.5. The maximum atomic E-state index is 14.7. The molecule has 194 valence electrons. The molecule has 1 aliphatic rings. The number of fused-ring (bicyclic) bond motifs is 1. The number of pyridine rings is 1. The lowest BCUT2D eigenvalue weighted by Crippen LogP contribution is -2.41. The number of halogens is 1. The third kappa shape index (κ3) is 4.93. The molecule has 2 N–H and O–H groups in total. The monoisotopic (exact) mass is 523 g/mol. The van der Waals surface area contributed by atoms with E-state index < -0.39 is 22.6 Å². The molecule has 0 bridgehead atoms. The molecule has 1 aliphatic carbocycles. The molecule has 0 saturated heterocycles. The van der Waals surface area contributed by atoms with Gasteiger partial charge in [0.2, 0.25) is 0 Å². The summed E-state index contributed by atoms with van der Waals surface area (Å²) in [6.07, 6.45) is 3.32. The normalized spacial score (nSPS) is 12.7. The summed E-state index contributed by atoms with van der Waals surface area (Å²) in [4.78, 5) is 40.3. The number of hydrogen-bond acceptors (Lipinski definition) is 6. The molecule has 2 heterocycles. The highest BCUT2D eigenvalue weighted by molar-refractivity contribution is 7.99. The van der Waals surface area contributed by atoms with Crippen LogP contribution in [0.5, 0.6) is 0 Å². The van der Waals surface area contributed by atoms with E-state index in [0.717, 1.165) is 24.1 Å². The molecular formula is C27H30FN5O3S. The van der Waals surface area contributed by atoms with Crippen LogP contribution < -0.4 is 26.8 Å². The Balaban J connectivity index is 0.00000156. The SMILES string of the molecule is CC.CSNc1cccc(-n2c(=O)n(C3CC3)c(=O)c3c(Nc4ccc(C)cc4F)cc(=O)n(C)c32)c1. The maximum Gasteiger partial charge on any atom is 0.337 e. The van der Waals surface area contributed by atoms with Gasteiger partial charge in [-0.15, -0.1) is 0 Å². The predicted octanol–water partition coefficient (Wildman–Crippen LogP) is 5.09. The minimum Gasteiger partial charge on any atom is -0.352 e. The molecule has 1 saturated carbocycles. The molecule has 2 aromatic carbocycles. The van der Waals surface area contributed by atoms with Crippen LogP contribution in [0.3, 0.4) is 0 Å². The standard InChI is InChI=1S/C25H24FN5O3S.C2H6/c1-14-7-10-19(18(26)11-14)27-20-13-21(32)29(2)23-22(20)24(33)31(16-8-9-16)25(34)30(23)17-6-4-5-15(12-17)28-35-3;1-2/h4-7,10-13,16,27-28H,8-9H2,1-3H3;1-2H3. The Morgan fingerprint density at radius 3 is 2.38 bits per heavy atom. The van der Waals surface area contributed by atoms with Gasteiger partial charge < -0.3 is 10.0 Å². The van der Waals surface area contributed by atoms with Crippen molar-refractivity contribution in [2.75, 3.05) is 16.3 Å². The minimum absolute atomic E-state index is 0.131. The third-order valence-electron chi connectivity index (χ3n) is 6.08. The smallest absolute Gasteiger partial charge is 0.337 e. The number of benzene rings is 2. The van der Waals surface area contributed by atoms with Crippen LogP contribution in [0, 0.1) is 12.7 Å². The number of anilines is 3. The summed E-state index contributed by atoms with van der Waals surface area (Å²) in [5.74, 6) is -0.509. The Morgan fingerprint density at radius 1 is 1.00 bits per heavy atom. The number of aryl methyl sites for hydroxylation is 2. The van der Waals surface area contributed by atoms with E-state index in [1.807, 2.05) is 26.2 Å². The van der Waals surface area contributed by atoms with Gasteiger partial charge >= 0.3 is 5.69 Å². The zero-order valence-corrected chi connectivity index (χ0v) is 22.3. The predicted molar refractivity (Wildman–Crippen MR) is 150 cm³/mol. The third-order valence-corrected chi connectivity index (χ3v) is 6.52. The largest absolute Gasteiger partial charge is 0.352 e. The Bertz CT molecular complexity index is 1650. The number of hydrogen-bond donors (Lipinski definition) is 2. The van der Waals surface area contributed by atoms with E-state index in [2.05, 4.69) is 10.0 Å². The van der Waals surface area contributed by atoms with Crippen molar-refractivity contribution in [3.05, 3.63) is 91.1 Å². The molecule has 1 fully saturated rings. The van der Waals surface area contributed by atoms with Gasteiger partial charge in [0.1, 0.15) is 16.9 Å².